The molecule has 4 aromatic carbocycles. The maximum absolute atomic E-state index is 6.19. The number of allylic oxidation sites excluding steroid dienone is 12. The first-order valence-corrected chi connectivity index (χ1v) is 17.4. The highest BCUT2D eigenvalue weighted by molar-refractivity contribution is 6.34. The molecule has 0 spiro atoms. The van der Waals surface area contributed by atoms with E-state index >= 15 is 0 Å². The van der Waals surface area contributed by atoms with E-state index in [1.165, 1.54) is 0 Å². The molecule has 4 aromatic rings. The van der Waals surface area contributed by atoms with Crippen molar-refractivity contribution >= 4 is 34.0 Å². The van der Waals surface area contributed by atoms with Gasteiger partial charge in [0.1, 0.15) is 23.0 Å². The number of nitrogens with one attached hydrogen (secondary N) is 1. The number of hydrogen-bond acceptors (Lipinski definition) is 7. The van der Waals surface area contributed by atoms with Crippen molar-refractivity contribution in [2.24, 2.45) is 20.0 Å². The van der Waals surface area contributed by atoms with Crippen molar-refractivity contribution in [1.29, 1.82) is 0 Å². The molecule has 5 aliphatic rings. The molecule has 0 saturated heterocycles. The minimum Gasteiger partial charge on any atom is -0.457 e. The summed E-state index contributed by atoms with van der Waals surface area (Å²) in [5.41, 5.74) is 10.2. The molecule has 0 amide bonds. The van der Waals surface area contributed by atoms with Gasteiger partial charge < -0.3 is 14.8 Å². The number of hydrogen-bond donors (Lipinski definition) is 1. The number of aliphatic imine (C=N–C) groups is 4. The lowest BCUT2D eigenvalue weighted by molar-refractivity contribution is 0.482. The zero-order chi connectivity index (χ0) is 36.0. The SMILES string of the molecule is C1=CC2=NC1=CC1=NC(=C(c3cccc(Oc4ccccc4)c3)C3=NC(=CC4=NC(=C2c2cccc(Oc5ccccc5)c2)C=C4)C=C3)C=C1.CNC. The zero-order valence-corrected chi connectivity index (χ0v) is 29.3. The van der Waals surface area contributed by atoms with Gasteiger partial charge in [0.2, 0.25) is 0 Å². The monoisotopic (exact) mass is 689 g/mol. The molecule has 0 fully saturated rings. The Morgan fingerprint density at radius 1 is 0.415 bits per heavy atom. The number of ether oxygens (including phenoxy) is 2. The van der Waals surface area contributed by atoms with Crippen molar-refractivity contribution < 1.29 is 9.47 Å². The van der Waals surface area contributed by atoms with Crippen molar-refractivity contribution in [1.82, 2.24) is 5.32 Å². The van der Waals surface area contributed by atoms with Crippen LogP contribution in [-0.2, 0) is 0 Å². The number of para-hydroxylation sites is 2. The van der Waals surface area contributed by atoms with Gasteiger partial charge >= 0.3 is 0 Å². The lowest BCUT2D eigenvalue weighted by Gasteiger charge is -2.12. The van der Waals surface area contributed by atoms with Crippen molar-refractivity contribution in [2.45, 2.75) is 0 Å². The molecule has 0 aliphatic carbocycles. The van der Waals surface area contributed by atoms with Crippen LogP contribution in [0.4, 0.5) is 0 Å². The van der Waals surface area contributed by atoms with Crippen LogP contribution in [0.2, 0.25) is 0 Å². The zero-order valence-electron chi connectivity index (χ0n) is 29.3. The summed E-state index contributed by atoms with van der Waals surface area (Å²) < 4.78 is 12.4. The van der Waals surface area contributed by atoms with E-state index < -0.39 is 0 Å². The van der Waals surface area contributed by atoms with Crippen LogP contribution < -0.4 is 14.8 Å². The van der Waals surface area contributed by atoms with Gasteiger partial charge in [0.15, 0.2) is 0 Å². The summed E-state index contributed by atoms with van der Waals surface area (Å²) >= 11 is 0. The Kier molecular flexibility index (Phi) is 9.46. The molecule has 53 heavy (non-hydrogen) atoms. The molecule has 0 saturated carbocycles. The molecular weight excluding hydrogens is 655 g/mol. The summed E-state index contributed by atoms with van der Waals surface area (Å²) in [6.45, 7) is 0. The van der Waals surface area contributed by atoms with Gasteiger partial charge in [-0.2, -0.15) is 0 Å². The highest BCUT2D eigenvalue weighted by Gasteiger charge is 2.22. The van der Waals surface area contributed by atoms with E-state index in [-0.39, 0.29) is 0 Å². The van der Waals surface area contributed by atoms with Crippen LogP contribution in [-0.4, -0.2) is 36.9 Å². The first kappa shape index (κ1) is 33.2. The maximum atomic E-state index is 6.19. The smallest absolute Gasteiger partial charge is 0.128 e. The normalized spacial score (nSPS) is 16.4. The summed E-state index contributed by atoms with van der Waals surface area (Å²) in [5, 5.41) is 2.75. The van der Waals surface area contributed by atoms with Crippen molar-refractivity contribution in [3.63, 3.8) is 0 Å². The fourth-order valence-electron chi connectivity index (χ4n) is 6.23. The molecule has 0 radical (unpaired) electrons. The Labute approximate surface area is 308 Å². The Morgan fingerprint density at radius 3 is 1.26 bits per heavy atom. The molecule has 1 N–H and O–H groups in total. The summed E-state index contributed by atoms with van der Waals surface area (Å²) in [7, 11) is 3.75. The quantitative estimate of drug-likeness (QED) is 0.219. The third-order valence-corrected chi connectivity index (χ3v) is 8.47. The third-order valence-electron chi connectivity index (χ3n) is 8.47. The van der Waals surface area contributed by atoms with Gasteiger partial charge in [-0.3, -0.25) is 0 Å². The Balaban J connectivity index is 0.00000129. The molecule has 0 aromatic heterocycles. The molecule has 5 aliphatic heterocycles. The van der Waals surface area contributed by atoms with Gasteiger partial charge in [-0.25, -0.2) is 20.0 Å². The Morgan fingerprint density at radius 2 is 0.830 bits per heavy atom. The van der Waals surface area contributed by atoms with Crippen LogP contribution in [0.15, 0.2) is 213 Å². The predicted molar refractivity (Wildman–Crippen MR) is 217 cm³/mol. The van der Waals surface area contributed by atoms with Crippen molar-refractivity contribution in [3.8, 4) is 23.0 Å². The molecule has 9 rings (SSSR count). The van der Waals surface area contributed by atoms with E-state index in [4.69, 9.17) is 29.4 Å². The molecule has 7 heteroatoms. The van der Waals surface area contributed by atoms with Crippen LogP contribution in [0.1, 0.15) is 11.1 Å². The summed E-state index contributed by atoms with van der Waals surface area (Å²) in [6.07, 6.45) is 20.2. The van der Waals surface area contributed by atoms with E-state index in [0.29, 0.717) is 0 Å². The first-order valence-electron chi connectivity index (χ1n) is 17.4. The van der Waals surface area contributed by atoms with Gasteiger partial charge in [-0.05, 0) is 135 Å². The van der Waals surface area contributed by atoms with Crippen LogP contribution in [0.5, 0.6) is 23.0 Å². The molecule has 0 atom stereocenters. The van der Waals surface area contributed by atoms with E-state index in [1.807, 2.05) is 172 Å². The van der Waals surface area contributed by atoms with E-state index in [9.17, 15) is 0 Å². The van der Waals surface area contributed by atoms with E-state index in [0.717, 1.165) is 90.9 Å². The first-order chi connectivity index (χ1) is 26.1. The molecule has 256 valence electrons. The molecule has 0 unspecified atom stereocenters. The fraction of sp³-hybridized carbons (Fsp3) is 0.0435. The lowest BCUT2D eigenvalue weighted by atomic mass is 9.98. The van der Waals surface area contributed by atoms with Gasteiger partial charge in [0, 0.05) is 11.1 Å². The minimum atomic E-state index is 0.733. The molecular formula is C46H35N5O2. The summed E-state index contributed by atoms with van der Waals surface area (Å²) in [6, 6.07) is 35.6. The third kappa shape index (κ3) is 7.56. The average Bonchev–Trinajstić information content (AvgIpc) is 4.01. The van der Waals surface area contributed by atoms with Crippen LogP contribution in [0, 0.1) is 0 Å². The second-order valence-electron chi connectivity index (χ2n) is 12.4. The van der Waals surface area contributed by atoms with Crippen LogP contribution >= 0.6 is 0 Å². The van der Waals surface area contributed by atoms with E-state index in [2.05, 4.69) is 17.4 Å². The molecule has 7 nitrogen and oxygen atoms in total. The van der Waals surface area contributed by atoms with E-state index in [1.54, 1.807) is 0 Å². The topological polar surface area (TPSA) is 79.9 Å². The number of benzene rings is 4. The second-order valence-corrected chi connectivity index (χ2v) is 12.4. The summed E-state index contributed by atoms with van der Waals surface area (Å²) in [4.78, 5) is 20.2. The van der Waals surface area contributed by atoms with Crippen molar-refractivity contribution in [2.75, 3.05) is 14.1 Å². The van der Waals surface area contributed by atoms with Gasteiger partial charge in [-0.1, -0.05) is 60.7 Å². The average molecular weight is 690 g/mol. The minimum absolute atomic E-state index is 0.733. The highest BCUT2D eigenvalue weighted by Crippen LogP contribution is 2.35. The lowest BCUT2D eigenvalue weighted by Crippen LogP contribution is -2.01. The fourth-order valence-corrected chi connectivity index (χ4v) is 6.23. The Hall–Kier alpha value is -6.96. The number of nitrogens with zero attached hydrogens (tertiary/aromatic N) is 4. The van der Waals surface area contributed by atoms with Crippen LogP contribution in [0.3, 0.4) is 0 Å². The largest absolute Gasteiger partial charge is 0.457 e. The molecule has 8 bridgehead atoms. The predicted octanol–water partition coefficient (Wildman–Crippen LogP) is 10.1. The summed E-state index contributed by atoms with van der Waals surface area (Å²) in [5.74, 6) is 3.01. The Bertz CT molecular complexity index is 2300. The number of fused-ring (bicyclic) bond motifs is 4. The van der Waals surface area contributed by atoms with Gasteiger partial charge in [0.25, 0.3) is 0 Å². The second kappa shape index (κ2) is 15.1. The standard InChI is InChI=1S/C44H28N4O2.C2H7N/c1-3-11-35(12-4-1)49-37-15-7-9-29(25-37)43-39-21-17-31(45-39)27-33-19-23-41(47-33)44(42-24-20-34(48-42)28-32-18-22-40(43)46-32)30-10-8-16-38(26-30)50-36-13-5-2-6-14-36;1-3-2/h1-28H;3H,1-2H3. The number of rotatable bonds is 6. The molecule has 5 heterocycles. The van der Waals surface area contributed by atoms with Gasteiger partial charge in [0.05, 0.1) is 45.6 Å². The highest BCUT2D eigenvalue weighted by atomic mass is 16.5. The van der Waals surface area contributed by atoms with Gasteiger partial charge in [-0.15, -0.1) is 0 Å². The van der Waals surface area contributed by atoms with Crippen LogP contribution in [0.25, 0.3) is 11.1 Å². The maximum Gasteiger partial charge on any atom is 0.128 e. The van der Waals surface area contributed by atoms with Crippen molar-refractivity contribution in [3.05, 3.63) is 204 Å².